The minimum atomic E-state index is -0.609. The lowest BCUT2D eigenvalue weighted by molar-refractivity contribution is -0.384. The van der Waals surface area contributed by atoms with Gasteiger partial charge < -0.3 is 4.74 Å². The van der Waals surface area contributed by atoms with Crippen molar-refractivity contribution >= 4 is 11.7 Å². The predicted molar refractivity (Wildman–Crippen MR) is 102 cm³/mol. The highest BCUT2D eigenvalue weighted by atomic mass is 16.6. The van der Waals surface area contributed by atoms with Crippen molar-refractivity contribution < 1.29 is 14.5 Å². The highest BCUT2D eigenvalue weighted by molar-refractivity contribution is 5.92. The topological polar surface area (TPSA) is 69.4 Å². The second-order valence-corrected chi connectivity index (χ2v) is 8.41. The van der Waals surface area contributed by atoms with Crippen molar-refractivity contribution in [3.63, 3.8) is 0 Å². The molecule has 0 N–H and O–H groups in total. The van der Waals surface area contributed by atoms with Crippen LogP contribution in [0, 0.1) is 10.1 Å². The van der Waals surface area contributed by atoms with Crippen LogP contribution in [0.5, 0.6) is 5.75 Å². The fourth-order valence-electron chi connectivity index (χ4n) is 2.58. The molecule has 0 heterocycles. The summed E-state index contributed by atoms with van der Waals surface area (Å²) in [4.78, 5) is 22.9. The highest BCUT2D eigenvalue weighted by Gasteiger charge is 2.24. The van der Waals surface area contributed by atoms with Gasteiger partial charge in [-0.1, -0.05) is 59.7 Å². The van der Waals surface area contributed by atoms with Gasteiger partial charge in [0.15, 0.2) is 0 Å². The summed E-state index contributed by atoms with van der Waals surface area (Å²) in [5.74, 6) is -0.135. The van der Waals surface area contributed by atoms with Gasteiger partial charge >= 0.3 is 5.97 Å². The molecule has 2 aromatic rings. The van der Waals surface area contributed by atoms with E-state index in [1.54, 1.807) is 6.07 Å². The smallest absolute Gasteiger partial charge is 0.343 e. The zero-order chi connectivity index (χ0) is 19.7. The number of nitro groups is 1. The normalized spacial score (nSPS) is 11.9. The maximum absolute atomic E-state index is 12.5. The van der Waals surface area contributed by atoms with Crippen LogP contribution in [0.2, 0.25) is 0 Å². The Balaban J connectivity index is 2.41. The van der Waals surface area contributed by atoms with E-state index in [9.17, 15) is 14.9 Å². The van der Waals surface area contributed by atoms with E-state index < -0.39 is 10.9 Å². The number of carbonyl (C=O) groups is 1. The molecule has 0 unspecified atom stereocenters. The summed E-state index contributed by atoms with van der Waals surface area (Å²) < 4.78 is 5.60. The number of rotatable bonds is 3. The van der Waals surface area contributed by atoms with Crippen LogP contribution >= 0.6 is 0 Å². The summed E-state index contributed by atoms with van der Waals surface area (Å²) >= 11 is 0. The minimum absolute atomic E-state index is 0.0252. The van der Waals surface area contributed by atoms with Gasteiger partial charge in [0.25, 0.3) is 5.69 Å². The van der Waals surface area contributed by atoms with Gasteiger partial charge in [0.05, 0.1) is 10.5 Å². The van der Waals surface area contributed by atoms with E-state index in [0.717, 1.165) is 11.1 Å². The first-order valence-electron chi connectivity index (χ1n) is 8.51. The molecule has 0 saturated heterocycles. The van der Waals surface area contributed by atoms with Crippen molar-refractivity contribution in [3.8, 4) is 5.75 Å². The number of carbonyl (C=O) groups excluding carboxylic acids is 1. The number of benzene rings is 2. The van der Waals surface area contributed by atoms with E-state index in [-0.39, 0.29) is 22.1 Å². The molecular formula is C21H25NO4. The van der Waals surface area contributed by atoms with Crippen LogP contribution < -0.4 is 4.74 Å². The Bertz CT molecular complexity index is 842. The van der Waals surface area contributed by atoms with E-state index >= 15 is 0 Å². The molecule has 2 rings (SSSR count). The summed E-state index contributed by atoms with van der Waals surface area (Å²) in [5, 5.41) is 10.9. The van der Waals surface area contributed by atoms with Crippen molar-refractivity contribution in [2.75, 3.05) is 0 Å². The van der Waals surface area contributed by atoms with Crippen LogP contribution in [0.3, 0.4) is 0 Å². The SMILES string of the molecule is CC(C)(C)c1ccc(OC(=O)c2cccc([N+](=O)[O-])c2)c(C(C)(C)C)c1. The Morgan fingerprint density at radius 1 is 0.962 bits per heavy atom. The molecule has 0 aliphatic rings. The van der Waals surface area contributed by atoms with Gasteiger partial charge in [-0.05, 0) is 28.5 Å². The average Bonchev–Trinajstić information content (AvgIpc) is 2.53. The molecule has 0 aliphatic heterocycles. The largest absolute Gasteiger partial charge is 0.423 e. The molecule has 0 amide bonds. The zero-order valence-electron chi connectivity index (χ0n) is 16.1. The number of non-ortho nitro benzene ring substituents is 1. The number of esters is 1. The number of nitrogens with zero attached hydrogens (tertiary/aromatic N) is 1. The Labute approximate surface area is 154 Å². The van der Waals surface area contributed by atoms with Gasteiger partial charge in [-0.15, -0.1) is 0 Å². The quantitative estimate of drug-likeness (QED) is 0.319. The van der Waals surface area contributed by atoms with Gasteiger partial charge in [-0.2, -0.15) is 0 Å². The van der Waals surface area contributed by atoms with Crippen molar-refractivity contribution in [1.82, 2.24) is 0 Å². The third-order valence-electron chi connectivity index (χ3n) is 4.15. The standard InChI is InChI=1S/C21H25NO4/c1-20(2,3)15-10-11-18(17(13-15)21(4,5)6)26-19(23)14-8-7-9-16(12-14)22(24)25/h7-13H,1-6H3. The lowest BCUT2D eigenvalue weighted by Gasteiger charge is -2.26. The lowest BCUT2D eigenvalue weighted by atomic mass is 9.80. The molecule has 0 spiro atoms. The Morgan fingerprint density at radius 2 is 1.62 bits per heavy atom. The van der Waals surface area contributed by atoms with Crippen LogP contribution in [0.25, 0.3) is 0 Å². The molecule has 0 saturated carbocycles. The number of ether oxygens (including phenoxy) is 1. The first-order valence-corrected chi connectivity index (χ1v) is 8.51. The van der Waals surface area contributed by atoms with Crippen molar-refractivity contribution in [3.05, 3.63) is 69.3 Å². The second kappa shape index (κ2) is 6.90. The molecule has 0 fully saturated rings. The summed E-state index contributed by atoms with van der Waals surface area (Å²) in [5.41, 5.74) is 1.83. The molecule has 138 valence electrons. The fourth-order valence-corrected chi connectivity index (χ4v) is 2.58. The lowest BCUT2D eigenvalue weighted by Crippen LogP contribution is -2.19. The van der Waals surface area contributed by atoms with Crippen LogP contribution in [0.15, 0.2) is 42.5 Å². The van der Waals surface area contributed by atoms with Crippen molar-refractivity contribution in [2.45, 2.75) is 52.4 Å². The molecule has 0 aliphatic carbocycles. The van der Waals surface area contributed by atoms with E-state index in [1.165, 1.54) is 24.3 Å². The average molecular weight is 355 g/mol. The maximum Gasteiger partial charge on any atom is 0.343 e. The number of hydrogen-bond donors (Lipinski definition) is 0. The summed E-state index contributed by atoms with van der Waals surface area (Å²) in [6.45, 7) is 12.6. The molecular weight excluding hydrogens is 330 g/mol. The van der Waals surface area contributed by atoms with E-state index in [1.807, 2.05) is 6.07 Å². The van der Waals surface area contributed by atoms with Crippen molar-refractivity contribution in [2.24, 2.45) is 0 Å². The summed E-state index contributed by atoms with van der Waals surface area (Å²) in [6.07, 6.45) is 0. The van der Waals surface area contributed by atoms with Crippen LogP contribution in [-0.2, 0) is 10.8 Å². The molecule has 0 radical (unpaired) electrons. The highest BCUT2D eigenvalue weighted by Crippen LogP contribution is 2.35. The van der Waals surface area contributed by atoms with Crippen molar-refractivity contribution in [1.29, 1.82) is 0 Å². The molecule has 5 heteroatoms. The molecule has 5 nitrogen and oxygen atoms in total. The Hall–Kier alpha value is -2.69. The van der Waals surface area contributed by atoms with E-state index in [2.05, 4.69) is 47.6 Å². The summed E-state index contributed by atoms with van der Waals surface area (Å²) in [7, 11) is 0. The van der Waals surface area contributed by atoms with Gasteiger partial charge in [0, 0.05) is 17.7 Å². The zero-order valence-corrected chi connectivity index (χ0v) is 16.1. The molecule has 0 bridgehead atoms. The van der Waals surface area contributed by atoms with Gasteiger partial charge in [-0.25, -0.2) is 4.79 Å². The Kier molecular flexibility index (Phi) is 5.21. The molecule has 0 atom stereocenters. The van der Waals surface area contributed by atoms with E-state index in [4.69, 9.17) is 4.74 Å². The van der Waals surface area contributed by atoms with Gasteiger partial charge in [-0.3, -0.25) is 10.1 Å². The third kappa shape index (κ3) is 4.48. The fraction of sp³-hybridized carbons (Fsp3) is 0.381. The van der Waals surface area contributed by atoms with Crippen LogP contribution in [0.4, 0.5) is 5.69 Å². The number of hydrogen-bond acceptors (Lipinski definition) is 4. The first-order chi connectivity index (χ1) is 11.9. The molecule has 2 aromatic carbocycles. The van der Waals surface area contributed by atoms with Gasteiger partial charge in [0.2, 0.25) is 0 Å². The second-order valence-electron chi connectivity index (χ2n) is 8.41. The van der Waals surface area contributed by atoms with Crippen LogP contribution in [0.1, 0.15) is 63.0 Å². The maximum atomic E-state index is 12.5. The van der Waals surface area contributed by atoms with E-state index in [0.29, 0.717) is 5.75 Å². The summed E-state index contributed by atoms with van der Waals surface area (Å²) in [6, 6.07) is 11.4. The minimum Gasteiger partial charge on any atom is -0.423 e. The predicted octanol–water partition coefficient (Wildman–Crippen LogP) is 5.41. The van der Waals surface area contributed by atoms with Crippen LogP contribution in [-0.4, -0.2) is 10.9 Å². The first kappa shape index (κ1) is 19.6. The third-order valence-corrected chi connectivity index (χ3v) is 4.15. The molecule has 0 aromatic heterocycles. The Morgan fingerprint density at radius 3 is 2.15 bits per heavy atom. The number of nitro benzene ring substituents is 1. The molecule has 26 heavy (non-hydrogen) atoms. The monoisotopic (exact) mass is 355 g/mol. The van der Waals surface area contributed by atoms with Gasteiger partial charge in [0.1, 0.15) is 5.75 Å².